The first-order chi connectivity index (χ1) is 8.58. The number of benzene rings is 1. The van der Waals surface area contributed by atoms with Crippen molar-refractivity contribution in [1.82, 2.24) is 4.90 Å². The van der Waals surface area contributed by atoms with Crippen molar-refractivity contribution < 1.29 is 13.6 Å². The molecule has 98 valence electrons. The molecule has 1 heterocycles. The molecule has 1 aromatic rings. The molecule has 0 atom stereocenters. The van der Waals surface area contributed by atoms with Crippen LogP contribution in [0.2, 0.25) is 0 Å². The van der Waals surface area contributed by atoms with Crippen LogP contribution in [0.5, 0.6) is 0 Å². The van der Waals surface area contributed by atoms with Gasteiger partial charge in [-0.15, -0.1) is 0 Å². The Labute approximate surface area is 105 Å². The molecule has 1 saturated heterocycles. The number of aryl methyl sites for hydroxylation is 1. The van der Waals surface area contributed by atoms with Crippen molar-refractivity contribution in [3.05, 3.63) is 29.3 Å². The van der Waals surface area contributed by atoms with Crippen LogP contribution in [-0.4, -0.2) is 24.0 Å². The van der Waals surface area contributed by atoms with E-state index in [4.69, 9.17) is 0 Å². The van der Waals surface area contributed by atoms with E-state index in [0.29, 0.717) is 13.1 Å². The van der Waals surface area contributed by atoms with E-state index in [-0.39, 0.29) is 17.3 Å². The molecule has 0 bridgehead atoms. The monoisotopic (exact) mass is 254 g/mol. The van der Waals surface area contributed by atoms with Crippen LogP contribution in [-0.2, 0) is 0 Å². The number of urea groups is 1. The van der Waals surface area contributed by atoms with Gasteiger partial charge in [-0.1, -0.05) is 0 Å². The Kier molecular flexibility index (Phi) is 3.79. The lowest BCUT2D eigenvalue weighted by Crippen LogP contribution is -2.38. The van der Waals surface area contributed by atoms with E-state index in [1.807, 2.05) is 0 Å². The van der Waals surface area contributed by atoms with Gasteiger partial charge in [0.05, 0.1) is 5.69 Å². The number of anilines is 1. The second-order valence-electron chi connectivity index (χ2n) is 4.56. The summed E-state index contributed by atoms with van der Waals surface area (Å²) < 4.78 is 26.9. The molecule has 1 N–H and O–H groups in total. The number of rotatable bonds is 1. The highest BCUT2D eigenvalue weighted by atomic mass is 19.1. The number of hydrogen-bond acceptors (Lipinski definition) is 1. The molecule has 1 aromatic carbocycles. The minimum atomic E-state index is -0.612. The Bertz CT molecular complexity index is 457. The van der Waals surface area contributed by atoms with Gasteiger partial charge in [0.25, 0.3) is 0 Å². The number of carbonyl (C=O) groups excluding carboxylic acids is 1. The highest BCUT2D eigenvalue weighted by molar-refractivity contribution is 5.89. The van der Waals surface area contributed by atoms with Crippen molar-refractivity contribution in [2.45, 2.75) is 26.2 Å². The fraction of sp³-hybridized carbons (Fsp3) is 0.462. The van der Waals surface area contributed by atoms with Crippen LogP contribution in [0, 0.1) is 18.6 Å². The molecule has 0 saturated carbocycles. The summed E-state index contributed by atoms with van der Waals surface area (Å²) in [5.74, 6) is -1.13. The summed E-state index contributed by atoms with van der Waals surface area (Å²) in [6.07, 6.45) is 3.02. The molecule has 5 heteroatoms. The zero-order valence-corrected chi connectivity index (χ0v) is 10.3. The van der Waals surface area contributed by atoms with Crippen LogP contribution in [0.15, 0.2) is 12.1 Å². The van der Waals surface area contributed by atoms with Crippen LogP contribution in [0.4, 0.5) is 19.3 Å². The van der Waals surface area contributed by atoms with Gasteiger partial charge in [0.2, 0.25) is 0 Å². The summed E-state index contributed by atoms with van der Waals surface area (Å²) in [5.41, 5.74) is 0.122. The fourth-order valence-corrected chi connectivity index (χ4v) is 2.03. The largest absolute Gasteiger partial charge is 0.325 e. The molecule has 18 heavy (non-hydrogen) atoms. The van der Waals surface area contributed by atoms with Crippen molar-refractivity contribution in [3.63, 3.8) is 0 Å². The van der Waals surface area contributed by atoms with Gasteiger partial charge in [-0.2, -0.15) is 0 Å². The molecule has 0 aromatic heterocycles. The van der Waals surface area contributed by atoms with Crippen LogP contribution in [0.25, 0.3) is 0 Å². The van der Waals surface area contributed by atoms with Gasteiger partial charge >= 0.3 is 6.03 Å². The van der Waals surface area contributed by atoms with Crippen molar-refractivity contribution >= 4 is 11.7 Å². The second-order valence-corrected chi connectivity index (χ2v) is 4.56. The first-order valence-corrected chi connectivity index (χ1v) is 6.09. The molecule has 0 spiro atoms. The lowest BCUT2D eigenvalue weighted by atomic mass is 10.1. The maximum absolute atomic E-state index is 13.6. The zero-order valence-electron chi connectivity index (χ0n) is 10.3. The maximum Gasteiger partial charge on any atom is 0.321 e. The van der Waals surface area contributed by atoms with E-state index in [1.165, 1.54) is 6.92 Å². The number of nitrogens with zero attached hydrogens (tertiary/aromatic N) is 1. The van der Waals surface area contributed by atoms with Crippen molar-refractivity contribution in [1.29, 1.82) is 0 Å². The summed E-state index contributed by atoms with van der Waals surface area (Å²) >= 11 is 0. The first kappa shape index (κ1) is 12.8. The fourth-order valence-electron chi connectivity index (χ4n) is 2.03. The van der Waals surface area contributed by atoms with Crippen LogP contribution < -0.4 is 5.32 Å². The second kappa shape index (κ2) is 5.33. The van der Waals surface area contributed by atoms with E-state index in [1.54, 1.807) is 4.90 Å². The van der Waals surface area contributed by atoms with Crippen LogP contribution >= 0.6 is 0 Å². The lowest BCUT2D eigenvalue weighted by Gasteiger charge is -2.26. The van der Waals surface area contributed by atoms with Gasteiger partial charge in [-0.3, -0.25) is 0 Å². The molecular weight excluding hydrogens is 238 g/mol. The SMILES string of the molecule is Cc1cc(F)c(NC(=O)N2CCCCC2)cc1F. The topological polar surface area (TPSA) is 32.3 Å². The minimum absolute atomic E-state index is 0.103. The number of nitrogens with one attached hydrogen (secondary N) is 1. The lowest BCUT2D eigenvalue weighted by molar-refractivity contribution is 0.200. The summed E-state index contributed by atoms with van der Waals surface area (Å²) in [5, 5.41) is 2.42. The number of piperidine rings is 1. The summed E-state index contributed by atoms with van der Waals surface area (Å²) in [4.78, 5) is 13.5. The summed E-state index contributed by atoms with van der Waals surface area (Å²) in [6.45, 7) is 2.82. The normalized spacial score (nSPS) is 15.6. The third-order valence-corrected chi connectivity index (χ3v) is 3.13. The Morgan fingerprint density at radius 2 is 1.83 bits per heavy atom. The number of likely N-dealkylation sites (tertiary alicyclic amines) is 1. The third-order valence-electron chi connectivity index (χ3n) is 3.13. The van der Waals surface area contributed by atoms with Gasteiger partial charge in [-0.05, 0) is 37.8 Å². The first-order valence-electron chi connectivity index (χ1n) is 6.09. The molecule has 1 fully saturated rings. The van der Waals surface area contributed by atoms with Crippen molar-refractivity contribution in [2.24, 2.45) is 0 Å². The predicted octanol–water partition coefficient (Wildman–Crippen LogP) is 3.29. The Morgan fingerprint density at radius 3 is 2.50 bits per heavy atom. The van der Waals surface area contributed by atoms with E-state index in [2.05, 4.69) is 5.32 Å². The Balaban J connectivity index is 2.08. The van der Waals surface area contributed by atoms with E-state index in [9.17, 15) is 13.6 Å². The molecule has 1 aliphatic rings. The molecule has 0 unspecified atom stereocenters. The van der Waals surface area contributed by atoms with Crippen molar-refractivity contribution in [2.75, 3.05) is 18.4 Å². The van der Waals surface area contributed by atoms with Gasteiger partial charge in [0, 0.05) is 19.2 Å². The van der Waals surface area contributed by atoms with E-state index >= 15 is 0 Å². The smallest absolute Gasteiger partial charge is 0.321 e. The maximum atomic E-state index is 13.6. The van der Waals surface area contributed by atoms with Gasteiger partial charge in [-0.25, -0.2) is 13.6 Å². The Morgan fingerprint density at radius 1 is 1.17 bits per heavy atom. The number of amides is 2. The molecule has 2 amide bonds. The minimum Gasteiger partial charge on any atom is -0.325 e. The average molecular weight is 254 g/mol. The van der Waals surface area contributed by atoms with Gasteiger partial charge < -0.3 is 10.2 Å². The molecule has 0 radical (unpaired) electrons. The highest BCUT2D eigenvalue weighted by Gasteiger charge is 2.18. The summed E-state index contributed by atoms with van der Waals surface area (Å²) in [6, 6.07) is 1.74. The number of halogens is 2. The standard InChI is InChI=1S/C13H16F2N2O/c1-9-7-11(15)12(8-10(9)14)16-13(18)17-5-3-2-4-6-17/h7-8H,2-6H2,1H3,(H,16,18). The summed E-state index contributed by atoms with van der Waals surface area (Å²) in [7, 11) is 0. The molecule has 3 nitrogen and oxygen atoms in total. The van der Waals surface area contributed by atoms with Crippen molar-refractivity contribution in [3.8, 4) is 0 Å². The average Bonchev–Trinajstić information content (AvgIpc) is 2.37. The zero-order chi connectivity index (χ0) is 13.1. The van der Waals surface area contributed by atoms with Crippen LogP contribution in [0.1, 0.15) is 24.8 Å². The van der Waals surface area contributed by atoms with Gasteiger partial charge in [0.1, 0.15) is 11.6 Å². The predicted molar refractivity (Wildman–Crippen MR) is 65.5 cm³/mol. The quantitative estimate of drug-likeness (QED) is 0.819. The number of hydrogen-bond donors (Lipinski definition) is 1. The highest BCUT2D eigenvalue weighted by Crippen LogP contribution is 2.20. The van der Waals surface area contributed by atoms with E-state index < -0.39 is 11.6 Å². The molecule has 2 rings (SSSR count). The third kappa shape index (κ3) is 2.78. The van der Waals surface area contributed by atoms with E-state index in [0.717, 1.165) is 31.4 Å². The Hall–Kier alpha value is -1.65. The molecule has 0 aliphatic carbocycles. The molecule has 1 aliphatic heterocycles. The van der Waals surface area contributed by atoms with Gasteiger partial charge in [0.15, 0.2) is 0 Å². The van der Waals surface area contributed by atoms with Crippen LogP contribution in [0.3, 0.4) is 0 Å². The molecular formula is C13H16F2N2O. The number of carbonyl (C=O) groups is 1.